The molecule has 0 amide bonds. The normalized spacial score (nSPS) is 21.6. The molecule has 0 fully saturated rings. The number of Topliss-reactive ketones (excluding diaryl/α,β-unsaturated/α-hetero) is 1. The summed E-state index contributed by atoms with van der Waals surface area (Å²) in [6, 6.07) is 7.88. The van der Waals surface area contributed by atoms with Crippen LogP contribution >= 0.6 is 0 Å². The first-order valence-electron chi connectivity index (χ1n) is 7.37. The van der Waals surface area contributed by atoms with E-state index in [0.717, 1.165) is 37.7 Å². The molecule has 0 unspecified atom stereocenters. The van der Waals surface area contributed by atoms with Crippen LogP contribution in [0, 0.1) is 5.41 Å². The van der Waals surface area contributed by atoms with Gasteiger partial charge in [0, 0.05) is 17.4 Å². The third-order valence-corrected chi connectivity index (χ3v) is 4.38. The molecule has 0 spiro atoms. The van der Waals surface area contributed by atoms with Crippen LogP contribution < -0.4 is 0 Å². The number of benzene rings is 1. The third-order valence-electron chi connectivity index (χ3n) is 4.38. The largest absolute Gasteiger partial charge is 0.481 e. The monoisotopic (exact) mass is 274 g/mol. The van der Waals surface area contributed by atoms with Crippen molar-refractivity contribution in [1.29, 1.82) is 0 Å². The maximum absolute atomic E-state index is 12.6. The van der Waals surface area contributed by atoms with Crippen LogP contribution in [0.15, 0.2) is 24.3 Å². The summed E-state index contributed by atoms with van der Waals surface area (Å²) in [5, 5.41) is 8.61. The molecule has 2 rings (SSSR count). The highest BCUT2D eigenvalue weighted by atomic mass is 16.4. The van der Waals surface area contributed by atoms with Crippen LogP contribution in [-0.4, -0.2) is 16.9 Å². The van der Waals surface area contributed by atoms with E-state index in [1.807, 2.05) is 24.3 Å². The molecular weight excluding hydrogens is 252 g/mol. The zero-order valence-corrected chi connectivity index (χ0v) is 12.0. The lowest BCUT2D eigenvalue weighted by Gasteiger charge is -2.33. The van der Waals surface area contributed by atoms with Crippen molar-refractivity contribution >= 4 is 11.8 Å². The van der Waals surface area contributed by atoms with Gasteiger partial charge in [0.05, 0.1) is 0 Å². The van der Waals surface area contributed by atoms with E-state index in [2.05, 4.69) is 6.92 Å². The van der Waals surface area contributed by atoms with Gasteiger partial charge >= 0.3 is 5.97 Å². The van der Waals surface area contributed by atoms with Crippen LogP contribution in [0.5, 0.6) is 0 Å². The highest BCUT2D eigenvalue weighted by Crippen LogP contribution is 2.39. The summed E-state index contributed by atoms with van der Waals surface area (Å²) in [4.78, 5) is 23.1. The number of rotatable bonds is 6. The standard InChI is InChI=1S/C17H22O3/c1-17(11-6-2-3-9-15(18)19)12-10-13-7-4-5-8-14(13)16(17)20/h4-5,7-8H,2-3,6,9-12H2,1H3,(H,18,19)/t17-/m0/s1. The smallest absolute Gasteiger partial charge is 0.303 e. The minimum absolute atomic E-state index is 0.230. The number of fused-ring (bicyclic) bond motifs is 1. The van der Waals surface area contributed by atoms with E-state index in [1.54, 1.807) is 0 Å². The van der Waals surface area contributed by atoms with Gasteiger partial charge in [0.1, 0.15) is 0 Å². The average molecular weight is 274 g/mol. The molecule has 0 aliphatic heterocycles. The highest BCUT2D eigenvalue weighted by Gasteiger charge is 2.37. The fourth-order valence-electron chi connectivity index (χ4n) is 3.02. The van der Waals surface area contributed by atoms with E-state index in [4.69, 9.17) is 5.11 Å². The van der Waals surface area contributed by atoms with Crippen LogP contribution in [0.2, 0.25) is 0 Å². The number of carboxylic acid groups (broad SMARTS) is 1. The molecule has 1 aliphatic carbocycles. The van der Waals surface area contributed by atoms with Gasteiger partial charge in [-0.25, -0.2) is 0 Å². The van der Waals surface area contributed by atoms with Gasteiger partial charge in [-0.2, -0.15) is 0 Å². The molecule has 0 aromatic heterocycles. The summed E-state index contributed by atoms with van der Waals surface area (Å²) in [6.45, 7) is 2.06. The molecule has 3 nitrogen and oxygen atoms in total. The zero-order valence-electron chi connectivity index (χ0n) is 12.0. The number of carbonyl (C=O) groups is 2. The molecule has 1 aromatic rings. The molecule has 1 aliphatic rings. The Labute approximate surface area is 120 Å². The van der Waals surface area contributed by atoms with Crippen molar-refractivity contribution in [1.82, 2.24) is 0 Å². The molecular formula is C17H22O3. The first-order valence-corrected chi connectivity index (χ1v) is 7.37. The molecule has 1 aromatic carbocycles. The van der Waals surface area contributed by atoms with E-state index in [-0.39, 0.29) is 17.6 Å². The molecule has 3 heteroatoms. The van der Waals surface area contributed by atoms with Gasteiger partial charge in [-0.15, -0.1) is 0 Å². The van der Waals surface area contributed by atoms with Crippen molar-refractivity contribution in [3.63, 3.8) is 0 Å². The zero-order chi connectivity index (χ0) is 14.6. The predicted molar refractivity (Wildman–Crippen MR) is 77.9 cm³/mol. The summed E-state index contributed by atoms with van der Waals surface area (Å²) < 4.78 is 0. The van der Waals surface area contributed by atoms with Crippen molar-refractivity contribution in [2.75, 3.05) is 0 Å². The number of carboxylic acids is 1. The van der Waals surface area contributed by atoms with Gasteiger partial charge in [0.2, 0.25) is 0 Å². The molecule has 20 heavy (non-hydrogen) atoms. The van der Waals surface area contributed by atoms with E-state index in [1.165, 1.54) is 5.56 Å². The molecule has 108 valence electrons. The second-order valence-electron chi connectivity index (χ2n) is 6.00. The Morgan fingerprint density at radius 3 is 2.75 bits per heavy atom. The second kappa shape index (κ2) is 6.21. The van der Waals surface area contributed by atoms with Gasteiger partial charge in [-0.3, -0.25) is 9.59 Å². The summed E-state index contributed by atoms with van der Waals surface area (Å²) in [7, 11) is 0. The Bertz CT molecular complexity index is 507. The Morgan fingerprint density at radius 2 is 2.00 bits per heavy atom. The fourth-order valence-corrected chi connectivity index (χ4v) is 3.02. The molecule has 0 bridgehead atoms. The van der Waals surface area contributed by atoms with Gasteiger partial charge in [-0.1, -0.05) is 44.0 Å². The van der Waals surface area contributed by atoms with Crippen LogP contribution in [-0.2, 0) is 11.2 Å². The molecule has 1 atom stereocenters. The third kappa shape index (κ3) is 3.27. The van der Waals surface area contributed by atoms with Crippen LogP contribution in [0.1, 0.15) is 61.4 Å². The van der Waals surface area contributed by atoms with Gasteiger partial charge in [-0.05, 0) is 31.2 Å². The van der Waals surface area contributed by atoms with E-state index in [0.29, 0.717) is 6.42 Å². The number of aryl methyl sites for hydroxylation is 1. The lowest BCUT2D eigenvalue weighted by atomic mass is 9.69. The van der Waals surface area contributed by atoms with Crippen molar-refractivity contribution in [3.05, 3.63) is 35.4 Å². The summed E-state index contributed by atoms with van der Waals surface area (Å²) in [6.07, 6.45) is 5.48. The van der Waals surface area contributed by atoms with Crippen LogP contribution in [0.3, 0.4) is 0 Å². The minimum Gasteiger partial charge on any atom is -0.481 e. The molecule has 1 N–H and O–H groups in total. The van der Waals surface area contributed by atoms with Crippen molar-refractivity contribution in [2.24, 2.45) is 5.41 Å². The molecule has 0 radical (unpaired) electrons. The van der Waals surface area contributed by atoms with Crippen molar-refractivity contribution in [3.8, 4) is 0 Å². The first kappa shape index (κ1) is 14.8. The Balaban J connectivity index is 1.92. The quantitative estimate of drug-likeness (QED) is 0.801. The van der Waals surface area contributed by atoms with Crippen LogP contribution in [0.25, 0.3) is 0 Å². The number of unbranched alkanes of at least 4 members (excludes halogenated alkanes) is 2. The van der Waals surface area contributed by atoms with Crippen molar-refractivity contribution < 1.29 is 14.7 Å². The van der Waals surface area contributed by atoms with E-state index < -0.39 is 5.97 Å². The number of carbonyl (C=O) groups excluding carboxylic acids is 1. The van der Waals surface area contributed by atoms with Crippen molar-refractivity contribution in [2.45, 2.75) is 51.9 Å². The van der Waals surface area contributed by atoms with E-state index >= 15 is 0 Å². The lowest BCUT2D eigenvalue weighted by molar-refractivity contribution is -0.137. The maximum atomic E-state index is 12.6. The average Bonchev–Trinajstić information content (AvgIpc) is 2.43. The Hall–Kier alpha value is -1.64. The molecule has 0 saturated heterocycles. The van der Waals surface area contributed by atoms with E-state index in [9.17, 15) is 9.59 Å². The minimum atomic E-state index is -0.737. The molecule has 0 heterocycles. The SMILES string of the molecule is C[C@]1(CCCCCC(=O)O)CCc2ccccc2C1=O. The topological polar surface area (TPSA) is 54.4 Å². The van der Waals surface area contributed by atoms with Gasteiger partial charge in [0.15, 0.2) is 5.78 Å². The Morgan fingerprint density at radius 1 is 1.25 bits per heavy atom. The number of hydrogen-bond donors (Lipinski definition) is 1. The number of aliphatic carboxylic acids is 1. The van der Waals surface area contributed by atoms with Gasteiger partial charge < -0.3 is 5.11 Å². The highest BCUT2D eigenvalue weighted by molar-refractivity contribution is 6.02. The van der Waals surface area contributed by atoms with Crippen LogP contribution in [0.4, 0.5) is 0 Å². The summed E-state index contributed by atoms with van der Waals surface area (Å²) in [5.41, 5.74) is 1.78. The fraction of sp³-hybridized carbons (Fsp3) is 0.529. The number of ketones is 1. The lowest BCUT2D eigenvalue weighted by Crippen LogP contribution is -2.33. The Kier molecular flexibility index (Phi) is 4.58. The summed E-state index contributed by atoms with van der Waals surface area (Å²) >= 11 is 0. The predicted octanol–water partition coefficient (Wildman–Crippen LogP) is 3.86. The van der Waals surface area contributed by atoms with Gasteiger partial charge in [0.25, 0.3) is 0 Å². The molecule has 0 saturated carbocycles. The maximum Gasteiger partial charge on any atom is 0.303 e. The first-order chi connectivity index (χ1) is 9.53. The second-order valence-corrected chi connectivity index (χ2v) is 6.00. The summed E-state index contributed by atoms with van der Waals surface area (Å²) in [5.74, 6) is -0.475. The number of hydrogen-bond acceptors (Lipinski definition) is 2.